The van der Waals surface area contributed by atoms with Gasteiger partial charge in [0.1, 0.15) is 17.4 Å². The fourth-order valence-corrected chi connectivity index (χ4v) is 4.88. The van der Waals surface area contributed by atoms with Crippen molar-refractivity contribution in [2.24, 2.45) is 0 Å². The first kappa shape index (κ1) is 16.8. The van der Waals surface area contributed by atoms with Gasteiger partial charge in [0.05, 0.1) is 5.69 Å². The number of hydrogen-bond acceptors (Lipinski definition) is 8. The van der Waals surface area contributed by atoms with Crippen LogP contribution in [0.3, 0.4) is 0 Å². The molecule has 4 nitrogen and oxygen atoms in total. The highest BCUT2D eigenvalue weighted by molar-refractivity contribution is 8.02. The molecule has 0 N–H and O–H groups in total. The van der Waals surface area contributed by atoms with E-state index in [1.54, 1.807) is 46.2 Å². The summed E-state index contributed by atoms with van der Waals surface area (Å²) in [7, 11) is 0. The fraction of sp³-hybridized carbons (Fsp3) is 0.267. The summed E-state index contributed by atoms with van der Waals surface area (Å²) in [6, 6.07) is 8.06. The molecule has 0 unspecified atom stereocenters. The van der Waals surface area contributed by atoms with Gasteiger partial charge < -0.3 is 4.74 Å². The summed E-state index contributed by atoms with van der Waals surface area (Å²) in [5.41, 5.74) is 2.29. The van der Waals surface area contributed by atoms with Crippen LogP contribution in [0.4, 0.5) is 0 Å². The Labute approximate surface area is 151 Å². The van der Waals surface area contributed by atoms with E-state index in [-0.39, 0.29) is 0 Å². The van der Waals surface area contributed by atoms with Crippen molar-refractivity contribution in [3.05, 3.63) is 45.9 Å². The molecular weight excluding hydrogens is 366 g/mol. The van der Waals surface area contributed by atoms with Crippen molar-refractivity contribution < 1.29 is 4.74 Å². The van der Waals surface area contributed by atoms with E-state index in [0.29, 0.717) is 6.61 Å². The predicted octanol–water partition coefficient (Wildman–Crippen LogP) is 4.90. The first-order valence-corrected chi connectivity index (χ1v) is 10.8. The molecule has 8 heteroatoms. The van der Waals surface area contributed by atoms with Crippen LogP contribution in [0.25, 0.3) is 0 Å². The zero-order valence-corrected chi connectivity index (χ0v) is 15.9. The Bertz CT molecular complexity index is 754. The lowest BCUT2D eigenvalue weighted by atomic mass is 10.2. The van der Waals surface area contributed by atoms with Crippen molar-refractivity contribution in [3.8, 4) is 5.75 Å². The molecule has 3 rings (SSSR count). The monoisotopic (exact) mass is 381 g/mol. The van der Waals surface area contributed by atoms with E-state index in [2.05, 4.69) is 27.5 Å². The topological polar surface area (TPSA) is 47.9 Å². The van der Waals surface area contributed by atoms with Gasteiger partial charge in [-0.2, -0.15) is 0 Å². The average molecular weight is 382 g/mol. The molecule has 120 valence electrons. The van der Waals surface area contributed by atoms with E-state index in [4.69, 9.17) is 4.74 Å². The van der Waals surface area contributed by atoms with E-state index >= 15 is 0 Å². The number of nitrogens with zero attached hydrogens (tertiary/aromatic N) is 3. The van der Waals surface area contributed by atoms with Crippen LogP contribution < -0.4 is 4.74 Å². The molecule has 0 atom stereocenters. The number of hydrogen-bond donors (Lipinski definition) is 0. The molecule has 0 aliphatic rings. The van der Waals surface area contributed by atoms with Crippen molar-refractivity contribution in [1.29, 1.82) is 0 Å². The SMILES string of the molecule is CSc1nnc(SCc2csc(COc3ccc(C)cc3)n2)s1. The third-order valence-corrected chi connectivity index (χ3v) is 6.83. The van der Waals surface area contributed by atoms with E-state index in [1.165, 1.54) is 5.56 Å². The molecule has 2 aromatic heterocycles. The number of ether oxygens (including phenoxy) is 1. The minimum absolute atomic E-state index is 0.508. The lowest BCUT2D eigenvalue weighted by molar-refractivity contribution is 0.305. The molecule has 23 heavy (non-hydrogen) atoms. The van der Waals surface area contributed by atoms with Gasteiger partial charge in [-0.3, -0.25) is 0 Å². The second kappa shape index (κ2) is 8.14. The quantitative estimate of drug-likeness (QED) is 0.543. The first-order chi connectivity index (χ1) is 11.2. The van der Waals surface area contributed by atoms with Crippen molar-refractivity contribution in [2.45, 2.75) is 28.0 Å². The summed E-state index contributed by atoms with van der Waals surface area (Å²) in [6.07, 6.45) is 2.01. The van der Waals surface area contributed by atoms with Gasteiger partial charge in [0.15, 0.2) is 8.68 Å². The van der Waals surface area contributed by atoms with Gasteiger partial charge in [-0.15, -0.1) is 21.5 Å². The summed E-state index contributed by atoms with van der Waals surface area (Å²) in [5, 5.41) is 11.3. The Hall–Kier alpha value is -1.09. The molecule has 0 spiro atoms. The highest BCUT2D eigenvalue weighted by atomic mass is 32.2. The summed E-state index contributed by atoms with van der Waals surface area (Å²) in [5.74, 6) is 1.68. The Morgan fingerprint density at radius 1 is 1.13 bits per heavy atom. The third kappa shape index (κ3) is 4.94. The van der Waals surface area contributed by atoms with Crippen LogP contribution >= 0.6 is 46.2 Å². The van der Waals surface area contributed by atoms with Gasteiger partial charge in [0.2, 0.25) is 0 Å². The smallest absolute Gasteiger partial charge is 0.175 e. The maximum atomic E-state index is 5.76. The van der Waals surface area contributed by atoms with Crippen molar-refractivity contribution in [3.63, 3.8) is 0 Å². The summed E-state index contributed by atoms with van der Waals surface area (Å²) < 4.78 is 7.74. The second-order valence-electron chi connectivity index (χ2n) is 4.66. The number of rotatable bonds is 7. The number of aryl methyl sites for hydroxylation is 1. The summed E-state index contributed by atoms with van der Waals surface area (Å²) in [6.45, 7) is 2.57. The third-order valence-electron chi connectivity index (χ3n) is 2.89. The molecule has 0 bridgehead atoms. The predicted molar refractivity (Wildman–Crippen MR) is 98.9 cm³/mol. The van der Waals surface area contributed by atoms with E-state index < -0.39 is 0 Å². The van der Waals surface area contributed by atoms with Crippen LogP contribution in [0, 0.1) is 6.92 Å². The largest absolute Gasteiger partial charge is 0.486 e. The lowest BCUT2D eigenvalue weighted by Crippen LogP contribution is -1.95. The number of aromatic nitrogens is 3. The molecule has 2 heterocycles. The summed E-state index contributed by atoms with van der Waals surface area (Å²) >= 11 is 6.55. The maximum absolute atomic E-state index is 5.76. The minimum atomic E-state index is 0.508. The second-order valence-corrected chi connectivity index (χ2v) is 8.86. The molecule has 0 aliphatic heterocycles. The molecule has 3 aromatic rings. The summed E-state index contributed by atoms with van der Waals surface area (Å²) in [4.78, 5) is 4.61. The Morgan fingerprint density at radius 3 is 2.65 bits per heavy atom. The van der Waals surface area contributed by atoms with Crippen LogP contribution in [0.15, 0.2) is 38.3 Å². The first-order valence-electron chi connectivity index (χ1n) is 6.86. The molecule has 1 aromatic carbocycles. The van der Waals surface area contributed by atoms with Gasteiger partial charge in [0, 0.05) is 11.1 Å². The van der Waals surface area contributed by atoms with Crippen molar-refractivity contribution in [2.75, 3.05) is 6.26 Å². The molecular formula is C15H15N3OS4. The van der Waals surface area contributed by atoms with Crippen LogP contribution in [-0.4, -0.2) is 21.4 Å². The molecule has 0 saturated heterocycles. The number of thiazole rings is 1. The van der Waals surface area contributed by atoms with Crippen LogP contribution in [0.2, 0.25) is 0 Å². The maximum Gasteiger partial charge on any atom is 0.175 e. The Balaban J connectivity index is 1.50. The Morgan fingerprint density at radius 2 is 1.91 bits per heavy atom. The minimum Gasteiger partial charge on any atom is -0.486 e. The van der Waals surface area contributed by atoms with E-state index in [0.717, 1.165) is 30.9 Å². The van der Waals surface area contributed by atoms with E-state index in [9.17, 15) is 0 Å². The standard InChI is InChI=1S/C15H15N3OS4/c1-10-3-5-12(6-4-10)19-7-13-16-11(8-21-13)9-22-15-18-17-14(20-2)23-15/h3-6,8H,7,9H2,1-2H3. The van der Waals surface area contributed by atoms with Gasteiger partial charge in [0.25, 0.3) is 0 Å². The molecule has 0 radical (unpaired) electrons. The van der Waals surface area contributed by atoms with Gasteiger partial charge >= 0.3 is 0 Å². The Kier molecular flexibility index (Phi) is 5.93. The van der Waals surface area contributed by atoms with Crippen LogP contribution in [0.1, 0.15) is 16.3 Å². The van der Waals surface area contributed by atoms with Gasteiger partial charge in [-0.25, -0.2) is 4.98 Å². The zero-order valence-electron chi connectivity index (χ0n) is 12.7. The lowest BCUT2D eigenvalue weighted by Gasteiger charge is -2.03. The van der Waals surface area contributed by atoms with Gasteiger partial charge in [-0.05, 0) is 25.3 Å². The van der Waals surface area contributed by atoms with Gasteiger partial charge in [-0.1, -0.05) is 52.6 Å². The zero-order chi connectivity index (χ0) is 16.1. The van der Waals surface area contributed by atoms with Crippen molar-refractivity contribution in [1.82, 2.24) is 15.2 Å². The van der Waals surface area contributed by atoms with Crippen LogP contribution in [0.5, 0.6) is 5.75 Å². The molecule has 0 aliphatic carbocycles. The van der Waals surface area contributed by atoms with Crippen molar-refractivity contribution >= 4 is 46.2 Å². The highest BCUT2D eigenvalue weighted by Gasteiger charge is 2.07. The van der Waals surface area contributed by atoms with E-state index in [1.807, 2.05) is 30.5 Å². The molecule has 0 saturated carbocycles. The van der Waals surface area contributed by atoms with Crippen LogP contribution in [-0.2, 0) is 12.4 Å². The molecule has 0 amide bonds. The highest BCUT2D eigenvalue weighted by Crippen LogP contribution is 2.30. The average Bonchev–Trinajstić information content (AvgIpc) is 3.21. The fourth-order valence-electron chi connectivity index (χ4n) is 1.73. The number of thioether (sulfide) groups is 2. The molecule has 0 fully saturated rings. The number of benzene rings is 1. The normalized spacial score (nSPS) is 10.9.